The molecule has 0 spiro atoms. The molecule has 6 nitrogen and oxygen atoms in total. The molecule has 0 aliphatic carbocycles. The first-order chi connectivity index (χ1) is 14.0. The fraction of sp³-hybridized carbons (Fsp3) is 0.261. The van der Waals surface area contributed by atoms with Crippen LogP contribution in [-0.4, -0.2) is 40.8 Å². The first-order valence-corrected chi connectivity index (χ1v) is 9.91. The highest BCUT2D eigenvalue weighted by atomic mass is 32.1. The first-order valence-electron chi connectivity index (χ1n) is 9.47. The third-order valence-electron chi connectivity index (χ3n) is 5.22. The number of rotatable bonds is 3. The van der Waals surface area contributed by atoms with Gasteiger partial charge in [-0.15, -0.1) is 12.6 Å². The molecule has 4 rings (SSSR count). The van der Waals surface area contributed by atoms with Crippen LogP contribution in [0.2, 0.25) is 0 Å². The number of pyridine rings is 1. The van der Waals surface area contributed by atoms with Crippen molar-refractivity contribution in [1.29, 1.82) is 0 Å². The highest BCUT2D eigenvalue weighted by Gasteiger charge is 2.31. The smallest absolute Gasteiger partial charge is 0.165 e. The number of aliphatic hydroxyl groups is 2. The highest BCUT2D eigenvalue weighted by molar-refractivity contribution is 7.80. The molecule has 0 saturated heterocycles. The van der Waals surface area contributed by atoms with Crippen molar-refractivity contribution >= 4 is 52.4 Å². The molecule has 3 aromatic heterocycles. The highest BCUT2D eigenvalue weighted by Crippen LogP contribution is 2.31. The minimum atomic E-state index is -1.01. The molecule has 0 bridgehead atoms. The van der Waals surface area contributed by atoms with Crippen molar-refractivity contribution in [2.75, 3.05) is 0 Å². The van der Waals surface area contributed by atoms with E-state index in [9.17, 15) is 0 Å². The second-order valence-corrected chi connectivity index (χ2v) is 8.54. The van der Waals surface area contributed by atoms with E-state index < -0.39 is 11.2 Å². The van der Waals surface area contributed by atoms with Crippen LogP contribution in [0.25, 0.3) is 39.7 Å². The fourth-order valence-electron chi connectivity index (χ4n) is 2.80. The molecule has 0 unspecified atom stereocenters. The minimum Gasteiger partial charge on any atom is -0.387 e. The molecule has 3 heterocycles. The Morgan fingerprint density at radius 3 is 2.13 bits per heavy atom. The van der Waals surface area contributed by atoms with Crippen LogP contribution in [0.1, 0.15) is 39.1 Å². The number of aromatic nitrogens is 4. The summed E-state index contributed by atoms with van der Waals surface area (Å²) in [5, 5.41) is 20.2. The molecule has 30 heavy (non-hydrogen) atoms. The van der Waals surface area contributed by atoms with Crippen molar-refractivity contribution < 1.29 is 10.2 Å². The molecule has 0 radical (unpaired) electrons. The van der Waals surface area contributed by atoms with Gasteiger partial charge in [-0.2, -0.15) is 0 Å². The zero-order valence-corrected chi connectivity index (χ0v) is 18.5. The Kier molecular flexibility index (Phi) is 5.73. The van der Waals surface area contributed by atoms with Crippen molar-refractivity contribution in [2.45, 2.75) is 43.8 Å². The molecule has 2 N–H and O–H groups in total. The minimum absolute atomic E-state index is 0.749. The summed E-state index contributed by atoms with van der Waals surface area (Å²) < 4.78 is 1.98. The fourth-order valence-corrected chi connectivity index (χ4v) is 3.00. The Hall–Kier alpha value is -2.74. The summed E-state index contributed by atoms with van der Waals surface area (Å²) in [6.45, 7) is 14.0. The Balaban J connectivity index is 0.000000275. The summed E-state index contributed by atoms with van der Waals surface area (Å²) >= 11 is 4.43. The molecule has 0 amide bonds. The predicted octanol–water partition coefficient (Wildman–Crippen LogP) is 4.53. The van der Waals surface area contributed by atoms with Crippen LogP contribution in [0.3, 0.4) is 0 Å². The van der Waals surface area contributed by atoms with E-state index in [1.54, 1.807) is 52.2 Å². The molecule has 4 aromatic rings. The number of nitrogens with zero attached hydrogens (tertiary/aromatic N) is 4. The van der Waals surface area contributed by atoms with Crippen LogP contribution in [0, 0.1) is 0 Å². The van der Waals surface area contributed by atoms with E-state index in [1.807, 2.05) is 22.6 Å². The molecule has 0 aliphatic rings. The lowest BCUT2D eigenvalue weighted by Crippen LogP contribution is -2.44. The van der Waals surface area contributed by atoms with Crippen molar-refractivity contribution in [3.8, 4) is 0 Å². The topological polar surface area (TPSA) is 83.5 Å². The number of benzene rings is 1. The number of imidazole rings is 1. The van der Waals surface area contributed by atoms with Crippen LogP contribution in [0.5, 0.6) is 0 Å². The van der Waals surface area contributed by atoms with E-state index >= 15 is 0 Å². The second kappa shape index (κ2) is 7.83. The van der Waals surface area contributed by atoms with Crippen molar-refractivity contribution in [1.82, 2.24) is 19.4 Å². The normalized spacial score (nSPS) is 12.1. The largest absolute Gasteiger partial charge is 0.387 e. The van der Waals surface area contributed by atoms with Gasteiger partial charge >= 0.3 is 0 Å². The van der Waals surface area contributed by atoms with Gasteiger partial charge in [-0.25, -0.2) is 9.97 Å². The summed E-state index contributed by atoms with van der Waals surface area (Å²) in [5.41, 5.74) is 2.02. The number of thiol groups is 1. The maximum atomic E-state index is 9.10. The van der Waals surface area contributed by atoms with Crippen LogP contribution < -0.4 is 0 Å². The van der Waals surface area contributed by atoms with Gasteiger partial charge in [0.2, 0.25) is 0 Å². The van der Waals surface area contributed by atoms with Gasteiger partial charge in [-0.3, -0.25) is 9.38 Å². The SMILES string of the molecule is C=Cc1nc2c3ccc(S)cc3c3nccnc3n2c1C=C.CC(C)(O)C(C)(C)O. The Morgan fingerprint density at radius 2 is 1.57 bits per heavy atom. The maximum absolute atomic E-state index is 9.10. The van der Waals surface area contributed by atoms with E-state index in [-0.39, 0.29) is 0 Å². The van der Waals surface area contributed by atoms with Gasteiger partial charge in [0.25, 0.3) is 0 Å². The van der Waals surface area contributed by atoms with Gasteiger partial charge in [0.15, 0.2) is 5.65 Å². The zero-order chi connectivity index (χ0) is 22.3. The standard InChI is InChI=1S/C17H12N4S.C6H14O2/c1-3-13-14(4-2)21-16(20-13)11-6-5-10(22)9-12(11)15-17(21)19-8-7-18-15;1-5(2,7)6(3,4)8/h3-9,22H,1-2H2;7-8H,1-4H3. The summed E-state index contributed by atoms with van der Waals surface area (Å²) in [5.74, 6) is 0. The molecular formula is C23H26N4O2S. The number of hydrogen-bond donors (Lipinski definition) is 3. The van der Waals surface area contributed by atoms with E-state index in [1.165, 1.54) is 0 Å². The lowest BCUT2D eigenvalue weighted by atomic mass is 9.90. The number of hydrogen-bond acceptors (Lipinski definition) is 6. The monoisotopic (exact) mass is 422 g/mol. The van der Waals surface area contributed by atoms with Crippen LogP contribution in [-0.2, 0) is 0 Å². The summed E-state index contributed by atoms with van der Waals surface area (Å²) in [6, 6.07) is 5.95. The van der Waals surface area contributed by atoms with Gasteiger partial charge in [0.05, 0.1) is 22.6 Å². The molecule has 0 atom stereocenters. The van der Waals surface area contributed by atoms with Gasteiger partial charge in [-0.05, 0) is 58.0 Å². The van der Waals surface area contributed by atoms with E-state index in [0.29, 0.717) is 0 Å². The summed E-state index contributed by atoms with van der Waals surface area (Å²) in [6.07, 6.45) is 6.87. The molecule has 1 aromatic carbocycles. The van der Waals surface area contributed by atoms with Crippen molar-refractivity contribution in [2.24, 2.45) is 0 Å². The Bertz CT molecular complexity index is 1250. The molecule has 0 fully saturated rings. The van der Waals surface area contributed by atoms with Crippen LogP contribution in [0.4, 0.5) is 0 Å². The average Bonchev–Trinajstić information content (AvgIpc) is 3.06. The van der Waals surface area contributed by atoms with Gasteiger partial charge in [0.1, 0.15) is 11.2 Å². The Morgan fingerprint density at radius 1 is 0.933 bits per heavy atom. The maximum Gasteiger partial charge on any atom is 0.165 e. The second-order valence-electron chi connectivity index (χ2n) is 8.03. The molecule has 0 aliphatic heterocycles. The lowest BCUT2D eigenvalue weighted by molar-refractivity contribution is -0.107. The first kappa shape index (κ1) is 22.0. The van der Waals surface area contributed by atoms with Crippen molar-refractivity contribution in [3.05, 3.63) is 55.1 Å². The quantitative estimate of drug-likeness (QED) is 0.334. The predicted molar refractivity (Wildman–Crippen MR) is 126 cm³/mol. The van der Waals surface area contributed by atoms with Crippen LogP contribution >= 0.6 is 12.6 Å². The molecular weight excluding hydrogens is 396 g/mol. The summed E-state index contributed by atoms with van der Waals surface area (Å²) in [7, 11) is 0. The van der Waals surface area contributed by atoms with Crippen molar-refractivity contribution in [3.63, 3.8) is 0 Å². The lowest BCUT2D eigenvalue weighted by Gasteiger charge is -2.31. The van der Waals surface area contributed by atoms with Gasteiger partial charge in [0, 0.05) is 28.1 Å². The van der Waals surface area contributed by atoms with E-state index in [4.69, 9.17) is 15.2 Å². The van der Waals surface area contributed by atoms with E-state index in [0.717, 1.165) is 43.9 Å². The third-order valence-corrected chi connectivity index (χ3v) is 5.49. The van der Waals surface area contributed by atoms with Gasteiger partial charge < -0.3 is 10.2 Å². The molecule has 7 heteroatoms. The van der Waals surface area contributed by atoms with E-state index in [2.05, 4.69) is 35.8 Å². The third kappa shape index (κ3) is 3.84. The number of fused-ring (bicyclic) bond motifs is 6. The van der Waals surface area contributed by atoms with Gasteiger partial charge in [-0.1, -0.05) is 13.2 Å². The van der Waals surface area contributed by atoms with Crippen LogP contribution in [0.15, 0.2) is 48.6 Å². The average molecular weight is 423 g/mol. The zero-order valence-electron chi connectivity index (χ0n) is 17.6. The Labute approximate surface area is 181 Å². The summed E-state index contributed by atoms with van der Waals surface area (Å²) in [4.78, 5) is 14.6. The molecule has 156 valence electrons. The molecule has 0 saturated carbocycles.